The van der Waals surface area contributed by atoms with E-state index in [-0.39, 0.29) is 18.6 Å². The zero-order chi connectivity index (χ0) is 14.2. The highest BCUT2D eigenvalue weighted by atomic mass is 16.6. The molecule has 0 aromatic rings. The second-order valence-corrected chi connectivity index (χ2v) is 6.68. The summed E-state index contributed by atoms with van der Waals surface area (Å²) in [4.78, 5) is 24.9. The number of likely N-dealkylation sites (tertiary alicyclic amines) is 1. The number of carboxylic acid groups (broad SMARTS) is 1. The van der Waals surface area contributed by atoms with Crippen molar-refractivity contribution in [3.8, 4) is 0 Å². The molecule has 1 heterocycles. The fraction of sp³-hybridized carbons (Fsp3) is 0.857. The van der Waals surface area contributed by atoms with Crippen molar-refractivity contribution in [1.29, 1.82) is 0 Å². The largest absolute Gasteiger partial charge is 0.481 e. The molecule has 1 amide bonds. The first-order chi connectivity index (χ1) is 8.78. The molecule has 2 unspecified atom stereocenters. The first-order valence-electron chi connectivity index (χ1n) is 6.98. The first-order valence-corrected chi connectivity index (χ1v) is 6.98. The molecule has 2 atom stereocenters. The van der Waals surface area contributed by atoms with Gasteiger partial charge in [-0.05, 0) is 32.6 Å². The molecule has 1 aliphatic carbocycles. The highest BCUT2D eigenvalue weighted by Crippen LogP contribution is 2.41. The van der Waals surface area contributed by atoms with Crippen molar-refractivity contribution in [2.75, 3.05) is 13.1 Å². The molecule has 19 heavy (non-hydrogen) atoms. The van der Waals surface area contributed by atoms with Crippen LogP contribution in [0.15, 0.2) is 0 Å². The molecule has 1 N–H and O–H groups in total. The molecule has 2 rings (SSSR count). The highest BCUT2D eigenvalue weighted by molar-refractivity contribution is 5.74. The molecule has 5 nitrogen and oxygen atoms in total. The average molecular weight is 269 g/mol. The van der Waals surface area contributed by atoms with Crippen LogP contribution in [-0.4, -0.2) is 40.8 Å². The Hall–Kier alpha value is -1.26. The van der Waals surface area contributed by atoms with Crippen molar-refractivity contribution >= 4 is 12.1 Å². The van der Waals surface area contributed by atoms with Crippen LogP contribution in [0.25, 0.3) is 0 Å². The van der Waals surface area contributed by atoms with Gasteiger partial charge in [0.25, 0.3) is 0 Å². The number of ether oxygens (including phenoxy) is 1. The molecular weight excluding hydrogens is 246 g/mol. The molecule has 0 aromatic heterocycles. The molecule has 1 saturated carbocycles. The number of carbonyl (C=O) groups excluding carboxylic acids is 1. The van der Waals surface area contributed by atoms with E-state index in [2.05, 4.69) is 0 Å². The third-order valence-electron chi connectivity index (χ3n) is 4.09. The number of aliphatic carboxylic acids is 1. The Morgan fingerprint density at radius 1 is 1.21 bits per heavy atom. The van der Waals surface area contributed by atoms with Gasteiger partial charge in [0.2, 0.25) is 0 Å². The molecule has 0 radical (unpaired) electrons. The van der Waals surface area contributed by atoms with Gasteiger partial charge >= 0.3 is 12.1 Å². The number of hydrogen-bond donors (Lipinski definition) is 1. The molecule has 2 fully saturated rings. The number of nitrogens with zero attached hydrogens (tertiary/aromatic N) is 1. The minimum Gasteiger partial charge on any atom is -0.481 e. The molecule has 0 bridgehead atoms. The summed E-state index contributed by atoms with van der Waals surface area (Å²) in [6, 6.07) is 0. The topological polar surface area (TPSA) is 66.8 Å². The van der Waals surface area contributed by atoms with E-state index in [1.54, 1.807) is 4.90 Å². The van der Waals surface area contributed by atoms with Gasteiger partial charge < -0.3 is 14.7 Å². The predicted molar refractivity (Wildman–Crippen MR) is 69.8 cm³/mol. The molecule has 108 valence electrons. The maximum atomic E-state index is 12.0. The number of carbonyl (C=O) groups is 2. The smallest absolute Gasteiger partial charge is 0.410 e. The lowest BCUT2D eigenvalue weighted by Gasteiger charge is -2.33. The van der Waals surface area contributed by atoms with Crippen molar-refractivity contribution in [2.45, 2.75) is 45.6 Å². The summed E-state index contributed by atoms with van der Waals surface area (Å²) in [6.07, 6.45) is 2.98. The summed E-state index contributed by atoms with van der Waals surface area (Å²) in [5, 5.41) is 9.31. The van der Waals surface area contributed by atoms with E-state index >= 15 is 0 Å². The second-order valence-electron chi connectivity index (χ2n) is 6.68. The van der Waals surface area contributed by atoms with E-state index < -0.39 is 17.5 Å². The summed E-state index contributed by atoms with van der Waals surface area (Å²) in [7, 11) is 0. The van der Waals surface area contributed by atoms with Crippen LogP contribution in [0.2, 0.25) is 0 Å². The van der Waals surface area contributed by atoms with Crippen LogP contribution in [0.1, 0.15) is 40.0 Å². The Morgan fingerprint density at radius 2 is 1.84 bits per heavy atom. The summed E-state index contributed by atoms with van der Waals surface area (Å²) >= 11 is 0. The van der Waals surface area contributed by atoms with E-state index in [1.165, 1.54) is 6.42 Å². The molecule has 0 spiro atoms. The minimum atomic E-state index is -0.789. The fourth-order valence-electron chi connectivity index (χ4n) is 2.91. The Balaban J connectivity index is 2.01. The summed E-state index contributed by atoms with van der Waals surface area (Å²) in [5.41, 5.74) is -0.537. The van der Waals surface area contributed by atoms with Gasteiger partial charge in [-0.25, -0.2) is 4.79 Å². The standard InChI is InChI=1S/C14H23NO4/c1-14(2,3)19-13(18)15-7-10(9-5-4-6-9)11(8-15)12(16)17/h9-11H,4-8H2,1-3H3,(H,16,17). The lowest BCUT2D eigenvalue weighted by atomic mass is 9.72. The van der Waals surface area contributed by atoms with Gasteiger partial charge in [0.15, 0.2) is 0 Å². The average Bonchev–Trinajstić information content (AvgIpc) is 2.56. The third kappa shape index (κ3) is 3.19. The van der Waals surface area contributed by atoms with Crippen LogP contribution in [0, 0.1) is 17.8 Å². The zero-order valence-corrected chi connectivity index (χ0v) is 11.9. The molecule has 2 aliphatic rings. The molecule has 0 aromatic carbocycles. The second kappa shape index (κ2) is 5.02. The van der Waals surface area contributed by atoms with Crippen LogP contribution in [0.4, 0.5) is 4.79 Å². The predicted octanol–water partition coefficient (Wildman–Crippen LogP) is 2.35. The van der Waals surface area contributed by atoms with Crippen LogP contribution in [-0.2, 0) is 9.53 Å². The quantitative estimate of drug-likeness (QED) is 0.835. The van der Waals surface area contributed by atoms with E-state index in [9.17, 15) is 14.7 Å². The van der Waals surface area contributed by atoms with Gasteiger partial charge in [0.1, 0.15) is 5.60 Å². The van der Waals surface area contributed by atoms with Crippen molar-refractivity contribution in [2.24, 2.45) is 17.8 Å². The van der Waals surface area contributed by atoms with Crippen molar-refractivity contribution in [3.05, 3.63) is 0 Å². The normalized spacial score (nSPS) is 28.1. The van der Waals surface area contributed by atoms with Gasteiger partial charge in [-0.15, -0.1) is 0 Å². The van der Waals surface area contributed by atoms with Gasteiger partial charge in [0, 0.05) is 13.1 Å². The van der Waals surface area contributed by atoms with Gasteiger partial charge in [-0.2, -0.15) is 0 Å². The Morgan fingerprint density at radius 3 is 2.26 bits per heavy atom. The maximum Gasteiger partial charge on any atom is 0.410 e. The Bertz CT molecular complexity index is 370. The van der Waals surface area contributed by atoms with Crippen LogP contribution >= 0.6 is 0 Å². The third-order valence-corrected chi connectivity index (χ3v) is 4.09. The molecule has 1 saturated heterocycles. The lowest BCUT2D eigenvalue weighted by Crippen LogP contribution is -2.36. The molecule has 1 aliphatic heterocycles. The van der Waals surface area contributed by atoms with E-state index in [4.69, 9.17) is 4.74 Å². The highest BCUT2D eigenvalue weighted by Gasteiger charge is 2.45. The summed E-state index contributed by atoms with van der Waals surface area (Å²) in [6.45, 7) is 6.26. The number of amides is 1. The number of rotatable bonds is 2. The summed E-state index contributed by atoms with van der Waals surface area (Å²) < 4.78 is 5.32. The number of carboxylic acids is 1. The van der Waals surface area contributed by atoms with Crippen LogP contribution in [0.3, 0.4) is 0 Å². The van der Waals surface area contributed by atoms with E-state index in [0.29, 0.717) is 12.5 Å². The Kier molecular flexibility index (Phi) is 3.74. The van der Waals surface area contributed by atoms with Crippen molar-refractivity contribution in [1.82, 2.24) is 4.90 Å². The number of hydrogen-bond acceptors (Lipinski definition) is 3. The monoisotopic (exact) mass is 269 g/mol. The lowest BCUT2D eigenvalue weighted by molar-refractivity contribution is -0.143. The first kappa shape index (κ1) is 14.2. The van der Waals surface area contributed by atoms with Crippen molar-refractivity contribution in [3.63, 3.8) is 0 Å². The fourth-order valence-corrected chi connectivity index (χ4v) is 2.91. The van der Waals surface area contributed by atoms with Gasteiger partial charge in [-0.1, -0.05) is 19.3 Å². The SMILES string of the molecule is CC(C)(C)OC(=O)N1CC(C(=O)O)C(C2CCC2)C1. The van der Waals surface area contributed by atoms with Crippen molar-refractivity contribution < 1.29 is 19.4 Å². The van der Waals surface area contributed by atoms with Crippen LogP contribution in [0.5, 0.6) is 0 Å². The molecule has 5 heteroatoms. The Labute approximate surface area is 113 Å². The minimum absolute atomic E-state index is 0.0961. The zero-order valence-electron chi connectivity index (χ0n) is 11.9. The van der Waals surface area contributed by atoms with Gasteiger partial charge in [-0.3, -0.25) is 4.79 Å². The maximum absolute atomic E-state index is 12.0. The van der Waals surface area contributed by atoms with E-state index in [1.807, 2.05) is 20.8 Å². The summed E-state index contributed by atoms with van der Waals surface area (Å²) in [5.74, 6) is -0.659. The molecular formula is C14H23NO4. The van der Waals surface area contributed by atoms with Gasteiger partial charge in [0.05, 0.1) is 5.92 Å². The van der Waals surface area contributed by atoms with Crippen LogP contribution < -0.4 is 0 Å². The van der Waals surface area contributed by atoms with E-state index in [0.717, 1.165) is 12.8 Å².